The molecule has 9 nitrogen and oxygen atoms in total. The van der Waals surface area contributed by atoms with Crippen molar-refractivity contribution in [3.63, 3.8) is 0 Å². The third-order valence-electron chi connectivity index (χ3n) is 11.2. The molecule has 0 bridgehead atoms. The van der Waals surface area contributed by atoms with E-state index >= 15 is 26.3 Å². The van der Waals surface area contributed by atoms with Gasteiger partial charge in [-0.1, -0.05) is 168 Å². The zero-order valence-corrected chi connectivity index (χ0v) is 37.3. The fraction of sp³-hybridized carbons (Fsp3) is 0.521. The second kappa shape index (κ2) is 25.3. The summed E-state index contributed by atoms with van der Waals surface area (Å²) in [5.74, 6) is -6.42. The van der Waals surface area contributed by atoms with E-state index in [4.69, 9.17) is 23.7 Å². The predicted molar refractivity (Wildman–Crippen MR) is 227 cm³/mol. The molecule has 0 aliphatic carbocycles. The van der Waals surface area contributed by atoms with Gasteiger partial charge in [-0.05, 0) is 18.9 Å². The topological polar surface area (TPSA) is 109 Å². The summed E-state index contributed by atoms with van der Waals surface area (Å²) in [4.78, 5) is 42.0. The van der Waals surface area contributed by atoms with Gasteiger partial charge in [0, 0.05) is 38.0 Å². The van der Waals surface area contributed by atoms with Gasteiger partial charge < -0.3 is 29.0 Å². The normalized spacial score (nSPS) is 16.1. The Morgan fingerprint density at radius 3 is 1.27 bits per heavy atom. The Morgan fingerprint density at radius 1 is 0.530 bits per heavy atom. The minimum Gasteiger partial charge on any atom is -0.461 e. The molecule has 0 aliphatic heterocycles. The van der Waals surface area contributed by atoms with E-state index in [1.807, 2.05) is 5.32 Å². The summed E-state index contributed by atoms with van der Waals surface area (Å²) >= 11 is 0. The maximum Gasteiger partial charge on any atom is 0.432 e. The van der Waals surface area contributed by atoms with Crippen molar-refractivity contribution in [2.24, 2.45) is 0 Å². The highest BCUT2D eigenvalue weighted by molar-refractivity contribution is 5.88. The maximum absolute atomic E-state index is 15.2. The number of esters is 2. The van der Waals surface area contributed by atoms with E-state index in [9.17, 15) is 27.6 Å². The zero-order valence-electron chi connectivity index (χ0n) is 37.3. The van der Waals surface area contributed by atoms with Gasteiger partial charge in [0.15, 0.2) is 0 Å². The van der Waals surface area contributed by atoms with Gasteiger partial charge >= 0.3 is 30.5 Å². The molecular formula is C48H58F9NO8. The molecule has 1 N–H and O–H groups in total. The quantitative estimate of drug-likeness (QED) is 0.0348. The molecule has 366 valence electrons. The van der Waals surface area contributed by atoms with Gasteiger partial charge in [-0.3, -0.25) is 4.79 Å². The highest BCUT2D eigenvalue weighted by atomic mass is 19.4. The highest BCUT2D eigenvalue weighted by Crippen LogP contribution is 2.46. The molecule has 0 fully saturated rings. The number of hydrogen-bond acceptors (Lipinski definition) is 8. The number of benzene rings is 3. The molecule has 0 aromatic heterocycles. The van der Waals surface area contributed by atoms with Crippen molar-refractivity contribution < 1.29 is 77.6 Å². The van der Waals surface area contributed by atoms with Crippen LogP contribution in [0, 0.1) is 0 Å². The number of alkyl halides is 9. The monoisotopic (exact) mass is 947 g/mol. The number of carbonyl (C=O) groups excluding carboxylic acids is 3. The molecule has 0 spiro atoms. The predicted octanol–water partition coefficient (Wildman–Crippen LogP) is 11.5. The lowest BCUT2D eigenvalue weighted by molar-refractivity contribution is -0.279. The van der Waals surface area contributed by atoms with Crippen molar-refractivity contribution >= 4 is 17.8 Å². The van der Waals surface area contributed by atoms with Crippen LogP contribution in [0.2, 0.25) is 0 Å². The maximum atomic E-state index is 15.2. The first kappa shape index (κ1) is 55.4. The van der Waals surface area contributed by atoms with E-state index in [0.29, 0.717) is 34.2 Å². The lowest BCUT2D eigenvalue weighted by Crippen LogP contribution is -2.61. The summed E-state index contributed by atoms with van der Waals surface area (Å²) in [7, 11) is 1.65. The number of ether oxygens (including phenoxy) is 5. The third-order valence-corrected chi connectivity index (χ3v) is 11.2. The first-order valence-electron chi connectivity index (χ1n) is 21.6. The fourth-order valence-electron chi connectivity index (χ4n) is 7.57. The number of amides is 1. The standard InChI is InChI=1S/C48H58F9NO8/c1-5-6-7-8-9-10-11-12-13-14-15-16-26-33-39(66-42(61)45(64-4,48(55,56)57)37-31-24-19-25-32-37)38(58-40(59)43(62-2,46(49,50)51)35-27-20-17-21-28-35)34-65-41(60)44(63-3,47(52,53)54)36-29-22-18-23-30-36/h17-33,38-39H,5-16,34H2,1-4H3,(H,58,59)/b33-26+/t38-,39+,43-,44-,45-/m1/s1. The van der Waals surface area contributed by atoms with Crippen molar-refractivity contribution in [2.75, 3.05) is 27.9 Å². The second-order valence-electron chi connectivity index (χ2n) is 15.5. The summed E-state index contributed by atoms with van der Waals surface area (Å²) < 4.78 is 161. The average Bonchev–Trinajstić information content (AvgIpc) is 3.27. The van der Waals surface area contributed by atoms with Crippen LogP contribution in [0.25, 0.3) is 0 Å². The molecule has 0 unspecified atom stereocenters. The van der Waals surface area contributed by atoms with Crippen LogP contribution >= 0.6 is 0 Å². The Morgan fingerprint density at radius 2 is 0.894 bits per heavy atom. The molecule has 0 radical (unpaired) electrons. The number of methoxy groups -OCH3 is 3. The molecule has 1 amide bonds. The van der Waals surface area contributed by atoms with Gasteiger partial charge in [0.25, 0.3) is 22.7 Å². The SMILES string of the molecule is CCCCCCCCCCCCC/C=C/[C@H](OC(=O)[C@](OC)(c1ccccc1)C(F)(F)F)[C@@H](COC(=O)[C@](OC)(c1ccccc1)C(F)(F)F)NC(=O)[C@](OC)(c1ccccc1)C(F)(F)F. The minimum absolute atomic E-state index is 0.169. The molecular weight excluding hydrogens is 890 g/mol. The Hall–Kier alpha value is -4.94. The molecule has 5 atom stereocenters. The molecule has 3 rings (SSSR count). The fourth-order valence-corrected chi connectivity index (χ4v) is 7.57. The van der Waals surface area contributed by atoms with E-state index in [2.05, 4.69) is 6.92 Å². The number of halogens is 9. The lowest BCUT2D eigenvalue weighted by atomic mass is 9.90. The van der Waals surface area contributed by atoms with Crippen molar-refractivity contribution in [3.05, 3.63) is 120 Å². The van der Waals surface area contributed by atoms with Crippen molar-refractivity contribution in [3.8, 4) is 0 Å². The molecule has 66 heavy (non-hydrogen) atoms. The Kier molecular flexibility index (Phi) is 21.2. The average molecular weight is 948 g/mol. The largest absolute Gasteiger partial charge is 0.461 e. The van der Waals surface area contributed by atoms with Crippen LogP contribution in [0.15, 0.2) is 103 Å². The van der Waals surface area contributed by atoms with Gasteiger partial charge in [-0.2, -0.15) is 39.5 Å². The number of unbranched alkanes of at least 4 members (excludes halogenated alkanes) is 11. The molecule has 0 heterocycles. The van der Waals surface area contributed by atoms with E-state index in [0.717, 1.165) is 124 Å². The number of hydrogen-bond donors (Lipinski definition) is 1. The Labute approximate surface area is 379 Å². The number of rotatable bonds is 27. The van der Waals surface area contributed by atoms with E-state index in [1.165, 1.54) is 37.1 Å². The number of nitrogens with one attached hydrogen (secondary N) is 1. The first-order chi connectivity index (χ1) is 31.2. The third kappa shape index (κ3) is 13.1. The molecule has 0 aliphatic rings. The summed E-state index contributed by atoms with van der Waals surface area (Å²) in [6, 6.07) is 14.0. The smallest absolute Gasteiger partial charge is 0.432 e. The Bertz CT molecular complexity index is 1950. The Balaban J connectivity index is 2.15. The van der Waals surface area contributed by atoms with Crippen LogP contribution < -0.4 is 5.32 Å². The molecule has 18 heteroatoms. The van der Waals surface area contributed by atoms with Crippen LogP contribution in [0.5, 0.6) is 0 Å². The van der Waals surface area contributed by atoms with Crippen LogP contribution in [0.1, 0.15) is 101 Å². The van der Waals surface area contributed by atoms with Gasteiger partial charge in [-0.25, -0.2) is 9.59 Å². The van der Waals surface area contributed by atoms with Crippen molar-refractivity contribution in [1.29, 1.82) is 0 Å². The van der Waals surface area contributed by atoms with Gasteiger partial charge in [0.05, 0.1) is 0 Å². The van der Waals surface area contributed by atoms with Gasteiger partial charge in [-0.15, -0.1) is 0 Å². The highest BCUT2D eigenvalue weighted by Gasteiger charge is 2.67. The summed E-state index contributed by atoms with van der Waals surface area (Å²) in [5.41, 5.74) is -14.0. The van der Waals surface area contributed by atoms with Crippen molar-refractivity contribution in [2.45, 2.75) is 131 Å². The lowest BCUT2D eigenvalue weighted by Gasteiger charge is -2.37. The first-order valence-corrected chi connectivity index (χ1v) is 21.6. The van der Waals surface area contributed by atoms with E-state index in [1.54, 1.807) is 0 Å². The van der Waals surface area contributed by atoms with E-state index in [-0.39, 0.29) is 6.42 Å². The second-order valence-corrected chi connectivity index (χ2v) is 15.5. The molecule has 0 saturated carbocycles. The van der Waals surface area contributed by atoms with Crippen LogP contribution in [0.4, 0.5) is 39.5 Å². The van der Waals surface area contributed by atoms with Crippen LogP contribution in [-0.4, -0.2) is 76.5 Å². The summed E-state index contributed by atoms with van der Waals surface area (Å²) in [6.07, 6.45) is -5.74. The minimum atomic E-state index is -5.57. The number of carbonyl (C=O) groups is 3. The van der Waals surface area contributed by atoms with Crippen molar-refractivity contribution in [1.82, 2.24) is 5.32 Å². The number of allylic oxidation sites excluding steroid dienone is 1. The van der Waals surface area contributed by atoms with Gasteiger partial charge in [0.2, 0.25) is 0 Å². The summed E-state index contributed by atoms with van der Waals surface area (Å²) in [5, 5.41) is 1.93. The zero-order chi connectivity index (χ0) is 49.1. The molecule has 3 aromatic carbocycles. The van der Waals surface area contributed by atoms with Gasteiger partial charge in [0.1, 0.15) is 18.8 Å². The molecule has 3 aromatic rings. The van der Waals surface area contributed by atoms with Crippen LogP contribution in [0.3, 0.4) is 0 Å². The molecule has 0 saturated heterocycles. The van der Waals surface area contributed by atoms with E-state index < -0.39 is 88.6 Å². The van der Waals surface area contributed by atoms with Crippen LogP contribution in [-0.2, 0) is 54.9 Å². The summed E-state index contributed by atoms with van der Waals surface area (Å²) in [6.45, 7) is 0.612.